The van der Waals surface area contributed by atoms with Gasteiger partial charge in [0.15, 0.2) is 0 Å². The van der Waals surface area contributed by atoms with Crippen molar-refractivity contribution >= 4 is 34.0 Å². The molecule has 2 aromatic carbocycles. The Hall–Kier alpha value is -1.34. The van der Waals surface area contributed by atoms with Gasteiger partial charge in [-0.25, -0.2) is 4.39 Å². The maximum absolute atomic E-state index is 13.7. The molecule has 0 spiro atoms. The normalized spacial score (nSPS) is 13.8. The Morgan fingerprint density at radius 3 is 2.55 bits per heavy atom. The molecule has 0 bridgehead atoms. The Labute approximate surface area is 131 Å². The lowest BCUT2D eigenvalue weighted by atomic mass is 9.92. The first-order valence-corrected chi connectivity index (χ1v) is 7.23. The summed E-state index contributed by atoms with van der Waals surface area (Å²) in [6.07, 6.45) is 0. The van der Waals surface area contributed by atoms with Crippen molar-refractivity contribution < 1.29 is 9.50 Å². The first-order valence-electron chi connectivity index (χ1n) is 6.15. The number of anilines is 2. The number of rotatable bonds is 4. The topological polar surface area (TPSA) is 58.3 Å². The molecule has 0 aromatic heterocycles. The number of hydrogen-bond acceptors (Lipinski definition) is 3. The molecule has 2 rings (SSSR count). The van der Waals surface area contributed by atoms with E-state index in [1.165, 1.54) is 6.07 Å². The summed E-state index contributed by atoms with van der Waals surface area (Å²) < 4.78 is 14.1. The van der Waals surface area contributed by atoms with Gasteiger partial charge in [0.1, 0.15) is 5.82 Å². The monoisotopic (exact) mass is 386 g/mol. The summed E-state index contributed by atoms with van der Waals surface area (Å²) in [5, 5.41) is 12.9. The van der Waals surface area contributed by atoms with Crippen LogP contribution in [0.4, 0.5) is 15.8 Å². The molecule has 3 nitrogen and oxygen atoms in total. The number of hydrogen-bond donors (Lipinski definition) is 3. The molecule has 5 heteroatoms. The van der Waals surface area contributed by atoms with Gasteiger partial charge in [-0.2, -0.15) is 0 Å². The molecule has 0 aliphatic rings. The number of nitrogen functional groups attached to an aromatic ring is 1. The summed E-state index contributed by atoms with van der Waals surface area (Å²) in [5.74, 6) is -0.337. The number of aliphatic hydroxyl groups excluding tert-OH is 1. The molecule has 0 fully saturated rings. The van der Waals surface area contributed by atoms with Crippen molar-refractivity contribution in [1.29, 1.82) is 0 Å². The lowest BCUT2D eigenvalue weighted by Gasteiger charge is -2.31. The van der Waals surface area contributed by atoms with Crippen molar-refractivity contribution in [1.82, 2.24) is 0 Å². The highest BCUT2D eigenvalue weighted by molar-refractivity contribution is 14.1. The SMILES string of the molecule is CC(CO)(Nc1cc(F)c(I)cc1N)c1ccccc1. The molecule has 0 aliphatic heterocycles. The molecule has 0 radical (unpaired) electrons. The van der Waals surface area contributed by atoms with Gasteiger partial charge in [-0.05, 0) is 41.1 Å². The Bertz CT molecular complexity index is 606. The standard InChI is InChI=1S/C15H16FIN2O/c1-15(9-20,10-5-3-2-4-6-10)19-14-7-11(16)12(17)8-13(14)18/h2-8,19-20H,9,18H2,1H3. The van der Waals surface area contributed by atoms with Crippen LogP contribution in [-0.4, -0.2) is 11.7 Å². The molecule has 2 aromatic rings. The molecule has 0 aliphatic carbocycles. The summed E-state index contributed by atoms with van der Waals surface area (Å²) >= 11 is 1.89. The van der Waals surface area contributed by atoms with Crippen molar-refractivity contribution in [3.63, 3.8) is 0 Å². The molecule has 1 atom stereocenters. The van der Waals surface area contributed by atoms with Crippen LogP contribution in [0.1, 0.15) is 12.5 Å². The van der Waals surface area contributed by atoms with Crippen LogP contribution in [0.5, 0.6) is 0 Å². The number of nitrogens with one attached hydrogen (secondary N) is 1. The fourth-order valence-corrected chi connectivity index (χ4v) is 2.47. The van der Waals surface area contributed by atoms with Crippen LogP contribution in [-0.2, 0) is 5.54 Å². The lowest BCUT2D eigenvalue weighted by Crippen LogP contribution is -2.36. The summed E-state index contributed by atoms with van der Waals surface area (Å²) in [5.41, 5.74) is 7.02. The average Bonchev–Trinajstić information content (AvgIpc) is 2.45. The Morgan fingerprint density at radius 1 is 1.30 bits per heavy atom. The minimum atomic E-state index is -0.728. The predicted molar refractivity (Wildman–Crippen MR) is 88.0 cm³/mol. The summed E-state index contributed by atoms with van der Waals surface area (Å²) in [4.78, 5) is 0. The third-order valence-corrected chi connectivity index (χ3v) is 4.06. The molecule has 0 amide bonds. The lowest BCUT2D eigenvalue weighted by molar-refractivity contribution is 0.224. The molecule has 0 saturated carbocycles. The largest absolute Gasteiger partial charge is 0.397 e. The fraction of sp³-hybridized carbons (Fsp3) is 0.200. The van der Waals surface area contributed by atoms with Crippen LogP contribution in [0.2, 0.25) is 0 Å². The Balaban J connectivity index is 2.38. The van der Waals surface area contributed by atoms with Gasteiger partial charge >= 0.3 is 0 Å². The van der Waals surface area contributed by atoms with E-state index in [4.69, 9.17) is 5.73 Å². The molecule has 4 N–H and O–H groups in total. The van der Waals surface area contributed by atoms with Gasteiger partial charge in [-0.3, -0.25) is 0 Å². The zero-order valence-electron chi connectivity index (χ0n) is 11.0. The first-order chi connectivity index (χ1) is 9.46. The second kappa shape index (κ2) is 5.97. The number of nitrogens with two attached hydrogens (primary N) is 1. The van der Waals surface area contributed by atoms with Gasteiger partial charge in [0.05, 0.1) is 27.1 Å². The molecule has 0 saturated heterocycles. The van der Waals surface area contributed by atoms with E-state index in [1.807, 2.05) is 59.8 Å². The summed E-state index contributed by atoms with van der Waals surface area (Å²) in [6, 6.07) is 12.4. The fourth-order valence-electron chi connectivity index (χ4n) is 1.98. The molecule has 0 heterocycles. The summed E-state index contributed by atoms with van der Waals surface area (Å²) in [6.45, 7) is 1.71. The van der Waals surface area contributed by atoms with Crippen LogP contribution < -0.4 is 11.1 Å². The zero-order chi connectivity index (χ0) is 14.8. The van der Waals surface area contributed by atoms with Crippen molar-refractivity contribution in [3.8, 4) is 0 Å². The van der Waals surface area contributed by atoms with E-state index in [-0.39, 0.29) is 12.4 Å². The number of halogens is 2. The van der Waals surface area contributed by atoms with Gasteiger partial charge in [0.2, 0.25) is 0 Å². The molecule has 20 heavy (non-hydrogen) atoms. The maximum Gasteiger partial charge on any atom is 0.138 e. The van der Waals surface area contributed by atoms with Crippen molar-refractivity contribution in [2.75, 3.05) is 17.7 Å². The van der Waals surface area contributed by atoms with Crippen molar-refractivity contribution in [2.24, 2.45) is 0 Å². The van der Waals surface area contributed by atoms with E-state index < -0.39 is 5.54 Å². The van der Waals surface area contributed by atoms with E-state index in [1.54, 1.807) is 6.07 Å². The van der Waals surface area contributed by atoms with Crippen molar-refractivity contribution in [3.05, 3.63) is 57.4 Å². The molecular formula is C15H16FIN2O. The second-order valence-corrected chi connectivity index (χ2v) is 6.00. The van der Waals surface area contributed by atoms with Gasteiger partial charge < -0.3 is 16.2 Å². The smallest absolute Gasteiger partial charge is 0.138 e. The van der Waals surface area contributed by atoms with Crippen molar-refractivity contribution in [2.45, 2.75) is 12.5 Å². The van der Waals surface area contributed by atoms with Crippen LogP contribution in [0.25, 0.3) is 0 Å². The third kappa shape index (κ3) is 3.04. The van der Waals surface area contributed by atoms with Crippen LogP contribution in [0.15, 0.2) is 42.5 Å². The van der Waals surface area contributed by atoms with Gasteiger partial charge in [0, 0.05) is 6.07 Å². The van der Waals surface area contributed by atoms with E-state index in [2.05, 4.69) is 5.32 Å². The minimum absolute atomic E-state index is 0.135. The first kappa shape index (κ1) is 15.1. The highest BCUT2D eigenvalue weighted by Gasteiger charge is 2.26. The number of aliphatic hydroxyl groups is 1. The number of benzene rings is 2. The highest BCUT2D eigenvalue weighted by atomic mass is 127. The van der Waals surface area contributed by atoms with Gasteiger partial charge in [-0.15, -0.1) is 0 Å². The Morgan fingerprint density at radius 2 is 1.95 bits per heavy atom. The molecule has 106 valence electrons. The van der Waals surface area contributed by atoms with Crippen LogP contribution in [0, 0.1) is 9.39 Å². The van der Waals surface area contributed by atoms with E-state index >= 15 is 0 Å². The van der Waals surface area contributed by atoms with E-state index in [0.717, 1.165) is 5.56 Å². The average molecular weight is 386 g/mol. The zero-order valence-corrected chi connectivity index (χ0v) is 13.2. The third-order valence-electron chi connectivity index (χ3n) is 3.23. The molecule has 1 unspecified atom stereocenters. The van der Waals surface area contributed by atoms with Crippen LogP contribution >= 0.6 is 22.6 Å². The second-order valence-electron chi connectivity index (χ2n) is 4.83. The Kier molecular flexibility index (Phi) is 4.49. The highest BCUT2D eigenvalue weighted by Crippen LogP contribution is 2.31. The maximum atomic E-state index is 13.7. The van der Waals surface area contributed by atoms with Crippen LogP contribution in [0.3, 0.4) is 0 Å². The summed E-state index contributed by atoms with van der Waals surface area (Å²) in [7, 11) is 0. The van der Waals surface area contributed by atoms with E-state index in [0.29, 0.717) is 14.9 Å². The van der Waals surface area contributed by atoms with Gasteiger partial charge in [-0.1, -0.05) is 30.3 Å². The predicted octanol–water partition coefficient (Wildman–Crippen LogP) is 3.33. The van der Waals surface area contributed by atoms with E-state index in [9.17, 15) is 9.50 Å². The quantitative estimate of drug-likeness (QED) is 0.558. The molecular weight excluding hydrogens is 370 g/mol. The minimum Gasteiger partial charge on any atom is -0.397 e. The van der Waals surface area contributed by atoms with Gasteiger partial charge in [0.25, 0.3) is 0 Å².